The molecule has 0 aliphatic heterocycles. The first-order chi connectivity index (χ1) is 12.2. The van der Waals surface area contributed by atoms with Gasteiger partial charge in [0.25, 0.3) is 0 Å². The van der Waals surface area contributed by atoms with Crippen LogP contribution in [0.4, 0.5) is 5.69 Å². The highest BCUT2D eigenvalue weighted by Crippen LogP contribution is 2.26. The van der Waals surface area contributed by atoms with Crippen LogP contribution in [0.3, 0.4) is 0 Å². The van der Waals surface area contributed by atoms with Gasteiger partial charge in [-0.3, -0.25) is 14.5 Å². The summed E-state index contributed by atoms with van der Waals surface area (Å²) in [6, 6.07) is 9.07. The molecule has 0 aliphatic rings. The minimum absolute atomic E-state index is 0.0170. The summed E-state index contributed by atoms with van der Waals surface area (Å²) >= 11 is 1.42. The van der Waals surface area contributed by atoms with Crippen LogP contribution in [0.2, 0.25) is 0 Å². The lowest BCUT2D eigenvalue weighted by atomic mass is 10.0. The number of hydrogen-bond donors (Lipinski definition) is 2. The lowest BCUT2D eigenvalue weighted by Gasteiger charge is -2.10. The molecule has 26 heavy (non-hydrogen) atoms. The Labute approximate surface area is 156 Å². The average molecular weight is 390 g/mol. The predicted octanol–water partition coefficient (Wildman–Crippen LogP) is 3.53. The Morgan fingerprint density at radius 1 is 1.31 bits per heavy atom. The number of aromatic amines is 1. The Balaban J connectivity index is 1.83. The fourth-order valence-electron chi connectivity index (χ4n) is 2.68. The van der Waals surface area contributed by atoms with E-state index in [0.717, 1.165) is 23.2 Å². The average Bonchev–Trinajstić information content (AvgIpc) is 3.22. The number of sulfonamides is 1. The van der Waals surface area contributed by atoms with Crippen LogP contribution >= 0.6 is 11.3 Å². The Morgan fingerprint density at radius 3 is 2.65 bits per heavy atom. The second kappa shape index (κ2) is 7.05. The monoisotopic (exact) mass is 389 g/mol. The molecule has 0 amide bonds. The van der Waals surface area contributed by atoms with Crippen LogP contribution in [-0.4, -0.2) is 30.4 Å². The number of ketones is 1. The Bertz CT molecular complexity index is 1020. The minimum atomic E-state index is -3.33. The molecule has 0 aromatic carbocycles. The number of carbonyl (C=O) groups is 1. The predicted molar refractivity (Wildman–Crippen MR) is 104 cm³/mol. The number of thiophene rings is 1. The van der Waals surface area contributed by atoms with Gasteiger partial charge >= 0.3 is 0 Å². The maximum atomic E-state index is 12.6. The van der Waals surface area contributed by atoms with Gasteiger partial charge in [-0.25, -0.2) is 8.42 Å². The molecule has 0 saturated heterocycles. The molecule has 0 fully saturated rings. The highest BCUT2D eigenvalue weighted by atomic mass is 32.2. The summed E-state index contributed by atoms with van der Waals surface area (Å²) in [7, 11) is -3.33. The minimum Gasteiger partial charge on any atom is -0.355 e. The summed E-state index contributed by atoms with van der Waals surface area (Å²) in [5.41, 5.74) is 3.56. The van der Waals surface area contributed by atoms with E-state index in [4.69, 9.17) is 0 Å². The number of H-pyrrole nitrogens is 1. The molecular weight excluding hydrogens is 370 g/mol. The van der Waals surface area contributed by atoms with Crippen LogP contribution in [0, 0.1) is 6.92 Å². The highest BCUT2D eigenvalue weighted by Gasteiger charge is 2.19. The summed E-state index contributed by atoms with van der Waals surface area (Å²) < 4.78 is 24.9. The van der Waals surface area contributed by atoms with Crippen LogP contribution in [0.15, 0.2) is 41.9 Å². The molecule has 6 nitrogen and oxygen atoms in total. The lowest BCUT2D eigenvalue weighted by Crippen LogP contribution is -2.10. The second-order valence-corrected chi connectivity index (χ2v) is 8.85. The third-order valence-electron chi connectivity index (χ3n) is 4.01. The zero-order chi connectivity index (χ0) is 18.9. The van der Waals surface area contributed by atoms with Gasteiger partial charge < -0.3 is 4.98 Å². The van der Waals surface area contributed by atoms with Gasteiger partial charge in [-0.05, 0) is 42.1 Å². The van der Waals surface area contributed by atoms with E-state index in [2.05, 4.69) is 14.7 Å². The van der Waals surface area contributed by atoms with Crippen molar-refractivity contribution >= 4 is 32.8 Å². The summed E-state index contributed by atoms with van der Waals surface area (Å²) in [6.07, 6.45) is 2.58. The smallest absolute Gasteiger partial charge is 0.229 e. The van der Waals surface area contributed by atoms with E-state index in [9.17, 15) is 13.2 Å². The van der Waals surface area contributed by atoms with Crippen molar-refractivity contribution in [3.8, 4) is 0 Å². The molecule has 0 radical (unpaired) electrons. The van der Waals surface area contributed by atoms with Crippen molar-refractivity contribution in [3.63, 3.8) is 0 Å². The molecule has 3 aromatic heterocycles. The third-order valence-corrected chi connectivity index (χ3v) is 5.48. The molecule has 3 rings (SSSR count). The number of nitrogens with one attached hydrogen (secondary N) is 2. The highest BCUT2D eigenvalue weighted by molar-refractivity contribution is 7.92. The number of rotatable bonds is 6. The molecule has 3 aromatic rings. The molecule has 0 spiro atoms. The Kier molecular flexibility index (Phi) is 4.97. The first-order valence-electron chi connectivity index (χ1n) is 7.96. The molecule has 2 N–H and O–H groups in total. The molecule has 136 valence electrons. The SMILES string of the molecule is Cc1cc(C(C)c2ccc(NS(C)(=O)=O)cn2)[nH]c1C(=O)c1cccs1. The van der Waals surface area contributed by atoms with Gasteiger partial charge in [0.15, 0.2) is 0 Å². The number of aryl methyl sites for hydroxylation is 1. The van der Waals surface area contributed by atoms with Crippen LogP contribution in [-0.2, 0) is 10.0 Å². The number of nitrogens with zero attached hydrogens (tertiary/aromatic N) is 1. The standard InChI is InChI=1S/C18H19N3O3S2/c1-11-9-15(20-17(11)18(22)16-5-4-8-25-16)12(2)14-7-6-13(10-19-14)21-26(3,23)24/h4-10,12,20-21H,1-3H3. The van der Waals surface area contributed by atoms with E-state index in [1.54, 1.807) is 12.1 Å². The van der Waals surface area contributed by atoms with E-state index >= 15 is 0 Å². The van der Waals surface area contributed by atoms with Crippen LogP contribution in [0.1, 0.15) is 45.2 Å². The van der Waals surface area contributed by atoms with Crippen molar-refractivity contribution in [3.05, 3.63) is 69.4 Å². The molecule has 1 unspecified atom stereocenters. The third kappa shape index (κ3) is 4.03. The van der Waals surface area contributed by atoms with Crippen LogP contribution < -0.4 is 4.72 Å². The maximum absolute atomic E-state index is 12.6. The number of hydrogen-bond acceptors (Lipinski definition) is 5. The van der Waals surface area contributed by atoms with Crippen molar-refractivity contribution in [1.29, 1.82) is 0 Å². The van der Waals surface area contributed by atoms with Crippen molar-refractivity contribution in [2.45, 2.75) is 19.8 Å². The van der Waals surface area contributed by atoms with E-state index in [0.29, 0.717) is 16.3 Å². The molecule has 0 saturated carbocycles. The van der Waals surface area contributed by atoms with Gasteiger partial charge in [0.05, 0.1) is 28.7 Å². The zero-order valence-electron chi connectivity index (χ0n) is 14.6. The number of pyridine rings is 1. The van der Waals surface area contributed by atoms with E-state index in [1.165, 1.54) is 17.5 Å². The maximum Gasteiger partial charge on any atom is 0.229 e. The zero-order valence-corrected chi connectivity index (χ0v) is 16.2. The molecule has 1 atom stereocenters. The van der Waals surface area contributed by atoms with E-state index < -0.39 is 10.0 Å². The van der Waals surface area contributed by atoms with Crippen molar-refractivity contribution in [2.24, 2.45) is 0 Å². The molecular formula is C18H19N3O3S2. The molecule has 8 heteroatoms. The second-order valence-electron chi connectivity index (χ2n) is 6.16. The van der Waals surface area contributed by atoms with E-state index in [-0.39, 0.29) is 11.7 Å². The first-order valence-corrected chi connectivity index (χ1v) is 10.7. The van der Waals surface area contributed by atoms with Crippen molar-refractivity contribution in [2.75, 3.05) is 11.0 Å². The van der Waals surface area contributed by atoms with Crippen molar-refractivity contribution in [1.82, 2.24) is 9.97 Å². The van der Waals surface area contributed by atoms with Gasteiger partial charge in [-0.2, -0.15) is 0 Å². The lowest BCUT2D eigenvalue weighted by molar-refractivity contribution is 0.103. The summed E-state index contributed by atoms with van der Waals surface area (Å²) in [4.78, 5) is 20.8. The quantitative estimate of drug-likeness (QED) is 0.631. The Morgan fingerprint density at radius 2 is 2.08 bits per heavy atom. The fraction of sp³-hybridized carbons (Fsp3) is 0.222. The largest absolute Gasteiger partial charge is 0.355 e. The van der Waals surface area contributed by atoms with Crippen molar-refractivity contribution < 1.29 is 13.2 Å². The number of carbonyl (C=O) groups excluding carboxylic acids is 1. The van der Waals surface area contributed by atoms with Crippen LogP contribution in [0.25, 0.3) is 0 Å². The molecule has 3 heterocycles. The molecule has 0 bridgehead atoms. The summed E-state index contributed by atoms with van der Waals surface area (Å²) in [6.45, 7) is 3.89. The van der Waals surface area contributed by atoms with Crippen LogP contribution in [0.5, 0.6) is 0 Å². The van der Waals surface area contributed by atoms with Gasteiger partial charge in [-0.15, -0.1) is 11.3 Å². The number of anilines is 1. The summed E-state index contributed by atoms with van der Waals surface area (Å²) in [5, 5.41) is 1.88. The van der Waals surface area contributed by atoms with Gasteiger partial charge in [0, 0.05) is 17.3 Å². The van der Waals surface area contributed by atoms with Gasteiger partial charge in [0.2, 0.25) is 15.8 Å². The first kappa shape index (κ1) is 18.3. The summed E-state index contributed by atoms with van der Waals surface area (Å²) in [5.74, 6) is -0.0810. The van der Waals surface area contributed by atoms with Gasteiger partial charge in [0.1, 0.15) is 0 Å². The molecule has 0 aliphatic carbocycles. The number of aromatic nitrogens is 2. The van der Waals surface area contributed by atoms with E-state index in [1.807, 2.05) is 37.4 Å². The topological polar surface area (TPSA) is 91.9 Å². The normalized spacial score (nSPS) is 12.7. The Hall–Kier alpha value is -2.45. The fourth-order valence-corrected chi connectivity index (χ4v) is 3.90. The van der Waals surface area contributed by atoms with Gasteiger partial charge in [-0.1, -0.05) is 13.0 Å².